The molecule has 1 fully saturated rings. The molecule has 0 aromatic heterocycles. The van der Waals surface area contributed by atoms with Gasteiger partial charge >= 0.3 is 0 Å². The third kappa shape index (κ3) is 8.46. The lowest BCUT2D eigenvalue weighted by molar-refractivity contribution is 0.256. The molecule has 0 bridgehead atoms. The molecule has 1 aliphatic heterocycles. The van der Waals surface area contributed by atoms with Gasteiger partial charge in [0.2, 0.25) is 0 Å². The molecule has 0 amide bonds. The zero-order valence-electron chi connectivity index (χ0n) is 15.1. The van der Waals surface area contributed by atoms with Crippen LogP contribution in [0.15, 0.2) is 29.3 Å². The predicted octanol–water partition coefficient (Wildman–Crippen LogP) is 3.17. The van der Waals surface area contributed by atoms with Crippen LogP contribution >= 0.6 is 35.6 Å². The molecule has 0 atom stereocenters. The second-order valence-electron chi connectivity index (χ2n) is 6.21. The number of halogens is 2. The Bertz CT molecular complexity index is 518. The second-order valence-corrected chi connectivity index (χ2v) is 6.65. The van der Waals surface area contributed by atoms with Crippen molar-refractivity contribution in [2.45, 2.75) is 26.2 Å². The Kier molecular flexibility index (Phi) is 11.2. The van der Waals surface area contributed by atoms with Gasteiger partial charge in [-0.1, -0.05) is 31.0 Å². The van der Waals surface area contributed by atoms with E-state index < -0.39 is 0 Å². The molecule has 0 spiro atoms. The highest BCUT2D eigenvalue weighted by molar-refractivity contribution is 14.0. The Morgan fingerprint density at radius 2 is 2.00 bits per heavy atom. The monoisotopic (exact) mass is 479 g/mol. The first-order valence-electron chi connectivity index (χ1n) is 8.95. The second kappa shape index (κ2) is 12.6. The largest absolute Gasteiger partial charge is 0.370 e. The van der Waals surface area contributed by atoms with E-state index in [4.69, 9.17) is 17.3 Å². The Hall–Kier alpha value is -0.730. The van der Waals surface area contributed by atoms with Crippen LogP contribution in [0, 0.1) is 0 Å². The molecule has 2 rings (SSSR count). The predicted molar refractivity (Wildman–Crippen MR) is 120 cm³/mol. The van der Waals surface area contributed by atoms with Crippen molar-refractivity contribution in [3.05, 3.63) is 29.3 Å². The Balaban J connectivity index is 0.00000312. The fraction of sp³-hybridized carbons (Fsp3) is 0.611. The lowest BCUT2D eigenvalue weighted by Gasteiger charge is -2.36. The van der Waals surface area contributed by atoms with E-state index in [1.807, 2.05) is 18.2 Å². The Morgan fingerprint density at radius 1 is 1.24 bits per heavy atom. The van der Waals surface area contributed by atoms with Gasteiger partial charge in [-0.25, -0.2) is 0 Å². The minimum absolute atomic E-state index is 0. The number of benzene rings is 1. The van der Waals surface area contributed by atoms with Crippen molar-refractivity contribution in [3.63, 3.8) is 0 Å². The van der Waals surface area contributed by atoms with Crippen LogP contribution in [0.25, 0.3) is 0 Å². The molecule has 1 aromatic rings. The van der Waals surface area contributed by atoms with E-state index in [2.05, 4.69) is 33.1 Å². The number of nitrogens with zero attached hydrogens (tertiary/aromatic N) is 3. The van der Waals surface area contributed by atoms with Gasteiger partial charge in [0.25, 0.3) is 0 Å². The standard InChI is InChI=1S/C18H30ClN5.HI/c1-2-3-8-21-18(20)22-9-5-10-23-11-13-24(14-12-23)17-7-4-6-16(19)15-17;/h4,6-7,15H,2-3,5,8-14H2,1H3,(H3,20,21,22);1H. The fourth-order valence-corrected chi connectivity index (χ4v) is 3.03. The van der Waals surface area contributed by atoms with E-state index >= 15 is 0 Å². The summed E-state index contributed by atoms with van der Waals surface area (Å²) in [5.74, 6) is 0.578. The Labute approximate surface area is 174 Å². The van der Waals surface area contributed by atoms with E-state index in [-0.39, 0.29) is 24.0 Å². The summed E-state index contributed by atoms with van der Waals surface area (Å²) in [6.07, 6.45) is 3.35. The summed E-state index contributed by atoms with van der Waals surface area (Å²) in [6.45, 7) is 9.21. The van der Waals surface area contributed by atoms with Crippen LogP contribution in [0.5, 0.6) is 0 Å². The number of hydrogen-bond acceptors (Lipinski definition) is 3. The van der Waals surface area contributed by atoms with Crippen LogP contribution < -0.4 is 16.0 Å². The topological polar surface area (TPSA) is 56.9 Å². The molecular formula is C18H31ClIN5. The number of aliphatic imine (C=N–C) groups is 1. The van der Waals surface area contributed by atoms with Gasteiger partial charge in [0.15, 0.2) is 5.96 Å². The summed E-state index contributed by atoms with van der Waals surface area (Å²) in [4.78, 5) is 9.28. The average Bonchev–Trinajstić information content (AvgIpc) is 2.59. The van der Waals surface area contributed by atoms with E-state index in [1.54, 1.807) is 0 Å². The van der Waals surface area contributed by atoms with Crippen LogP contribution in [0.4, 0.5) is 5.69 Å². The molecular weight excluding hydrogens is 449 g/mol. The molecule has 1 aromatic carbocycles. The normalized spacial score (nSPS) is 15.8. The number of guanidine groups is 1. The molecule has 0 saturated carbocycles. The minimum Gasteiger partial charge on any atom is -0.370 e. The van der Waals surface area contributed by atoms with Crippen LogP contribution in [0.1, 0.15) is 26.2 Å². The van der Waals surface area contributed by atoms with Crippen molar-refractivity contribution in [3.8, 4) is 0 Å². The first kappa shape index (κ1) is 22.3. The van der Waals surface area contributed by atoms with Crippen molar-refractivity contribution in [2.24, 2.45) is 10.7 Å². The molecule has 1 heterocycles. The van der Waals surface area contributed by atoms with Gasteiger partial charge in [-0.05, 0) is 31.0 Å². The van der Waals surface area contributed by atoms with Gasteiger partial charge in [-0.2, -0.15) is 0 Å². The van der Waals surface area contributed by atoms with Gasteiger partial charge in [-0.3, -0.25) is 9.89 Å². The molecule has 3 N–H and O–H groups in total. The summed E-state index contributed by atoms with van der Waals surface area (Å²) in [6, 6.07) is 8.11. The highest BCUT2D eigenvalue weighted by atomic mass is 127. The Morgan fingerprint density at radius 3 is 2.68 bits per heavy atom. The molecule has 7 heteroatoms. The smallest absolute Gasteiger partial charge is 0.188 e. The van der Waals surface area contributed by atoms with Gasteiger partial charge in [0.05, 0.1) is 0 Å². The summed E-state index contributed by atoms with van der Waals surface area (Å²) < 4.78 is 0. The minimum atomic E-state index is 0. The number of hydrogen-bond donors (Lipinski definition) is 2. The van der Waals surface area contributed by atoms with E-state index in [0.29, 0.717) is 5.96 Å². The summed E-state index contributed by atoms with van der Waals surface area (Å²) >= 11 is 6.08. The van der Waals surface area contributed by atoms with Gasteiger partial charge in [0, 0.05) is 56.5 Å². The van der Waals surface area contributed by atoms with Gasteiger partial charge < -0.3 is 16.0 Å². The number of unbranched alkanes of at least 4 members (excludes halogenated alkanes) is 1. The van der Waals surface area contributed by atoms with E-state index in [1.165, 1.54) is 12.1 Å². The molecule has 5 nitrogen and oxygen atoms in total. The van der Waals surface area contributed by atoms with Crippen LogP contribution in [0.2, 0.25) is 5.02 Å². The van der Waals surface area contributed by atoms with Crippen molar-refractivity contribution in [1.82, 2.24) is 10.2 Å². The van der Waals surface area contributed by atoms with E-state index in [0.717, 1.165) is 63.7 Å². The summed E-state index contributed by atoms with van der Waals surface area (Å²) in [5, 5.41) is 3.95. The van der Waals surface area contributed by atoms with Crippen LogP contribution in [-0.4, -0.2) is 56.7 Å². The third-order valence-electron chi connectivity index (χ3n) is 4.30. The van der Waals surface area contributed by atoms with Gasteiger partial charge in [-0.15, -0.1) is 24.0 Å². The van der Waals surface area contributed by atoms with Crippen LogP contribution in [0.3, 0.4) is 0 Å². The highest BCUT2D eigenvalue weighted by Crippen LogP contribution is 2.20. The third-order valence-corrected chi connectivity index (χ3v) is 4.53. The number of nitrogens with two attached hydrogens (primary N) is 1. The quantitative estimate of drug-likeness (QED) is 0.260. The lowest BCUT2D eigenvalue weighted by atomic mass is 10.2. The molecule has 0 unspecified atom stereocenters. The van der Waals surface area contributed by atoms with Crippen LogP contribution in [-0.2, 0) is 0 Å². The summed E-state index contributed by atoms with van der Waals surface area (Å²) in [5.41, 5.74) is 7.06. The maximum atomic E-state index is 6.08. The lowest BCUT2D eigenvalue weighted by Crippen LogP contribution is -2.46. The molecule has 0 aliphatic carbocycles. The number of nitrogens with one attached hydrogen (secondary N) is 1. The van der Waals surface area contributed by atoms with Crippen molar-refractivity contribution < 1.29 is 0 Å². The maximum absolute atomic E-state index is 6.08. The van der Waals surface area contributed by atoms with Crippen molar-refractivity contribution >= 4 is 47.2 Å². The fourth-order valence-electron chi connectivity index (χ4n) is 2.85. The molecule has 25 heavy (non-hydrogen) atoms. The van der Waals surface area contributed by atoms with Crippen molar-refractivity contribution in [1.29, 1.82) is 0 Å². The zero-order chi connectivity index (χ0) is 17.2. The number of anilines is 1. The molecule has 1 saturated heterocycles. The number of rotatable bonds is 8. The number of piperazine rings is 1. The first-order valence-corrected chi connectivity index (χ1v) is 9.33. The van der Waals surface area contributed by atoms with Crippen molar-refractivity contribution in [2.75, 3.05) is 50.7 Å². The molecule has 0 radical (unpaired) electrons. The average molecular weight is 480 g/mol. The zero-order valence-corrected chi connectivity index (χ0v) is 18.2. The molecule has 1 aliphatic rings. The summed E-state index contributed by atoms with van der Waals surface area (Å²) in [7, 11) is 0. The molecule has 142 valence electrons. The van der Waals surface area contributed by atoms with E-state index in [9.17, 15) is 0 Å². The first-order chi connectivity index (χ1) is 11.7. The van der Waals surface area contributed by atoms with Gasteiger partial charge in [0.1, 0.15) is 0 Å². The SMILES string of the molecule is CCCCNC(N)=NCCCN1CCN(c2cccc(Cl)c2)CC1.I. The highest BCUT2D eigenvalue weighted by Gasteiger charge is 2.16. The maximum Gasteiger partial charge on any atom is 0.188 e.